The Morgan fingerprint density at radius 3 is 2.31 bits per heavy atom. The van der Waals surface area contributed by atoms with E-state index < -0.39 is 5.60 Å². The van der Waals surface area contributed by atoms with Crippen molar-refractivity contribution in [2.24, 2.45) is 0 Å². The number of hydrogen-bond donors (Lipinski definition) is 2. The van der Waals surface area contributed by atoms with Crippen LogP contribution in [0.15, 0.2) is 0 Å². The Hall–Kier alpha value is -0.120. The molecule has 0 fully saturated rings. The second-order valence-corrected chi connectivity index (χ2v) is 4.47. The lowest BCUT2D eigenvalue weighted by molar-refractivity contribution is 0.0712. The second kappa shape index (κ2) is 6.35. The van der Waals surface area contributed by atoms with Gasteiger partial charge in [-0.1, -0.05) is 0 Å². The predicted octanol–water partition coefficient (Wildman–Crippen LogP) is 0.689. The zero-order valence-corrected chi connectivity index (χ0v) is 9.43. The van der Waals surface area contributed by atoms with Gasteiger partial charge in [0.1, 0.15) is 0 Å². The van der Waals surface area contributed by atoms with Crippen LogP contribution in [0.2, 0.25) is 0 Å². The van der Waals surface area contributed by atoms with Gasteiger partial charge in [0.2, 0.25) is 0 Å². The molecule has 0 saturated heterocycles. The summed E-state index contributed by atoms with van der Waals surface area (Å²) in [4.78, 5) is 2.18. The van der Waals surface area contributed by atoms with E-state index in [4.69, 9.17) is 0 Å². The Labute approximate surface area is 82.1 Å². The standard InChI is InChI=1S/C10H24N2O/c1-10(2,13)6-8-11-7-5-9-12(3)4/h11,13H,5-9H2,1-4H3. The molecular formula is C10H24N2O. The lowest BCUT2D eigenvalue weighted by Crippen LogP contribution is -2.28. The van der Waals surface area contributed by atoms with Crippen molar-refractivity contribution in [2.75, 3.05) is 33.7 Å². The van der Waals surface area contributed by atoms with Crippen LogP contribution in [0.4, 0.5) is 0 Å². The zero-order chi connectivity index (χ0) is 10.3. The normalized spacial score (nSPS) is 12.5. The lowest BCUT2D eigenvalue weighted by atomic mass is 10.1. The van der Waals surface area contributed by atoms with Crippen LogP contribution in [0.25, 0.3) is 0 Å². The topological polar surface area (TPSA) is 35.5 Å². The number of nitrogens with zero attached hydrogens (tertiary/aromatic N) is 1. The Morgan fingerprint density at radius 2 is 1.85 bits per heavy atom. The summed E-state index contributed by atoms with van der Waals surface area (Å²) in [6.45, 7) is 6.74. The van der Waals surface area contributed by atoms with Crippen molar-refractivity contribution in [3.63, 3.8) is 0 Å². The number of nitrogens with one attached hydrogen (secondary N) is 1. The van der Waals surface area contributed by atoms with Crippen molar-refractivity contribution in [1.82, 2.24) is 10.2 Å². The maximum absolute atomic E-state index is 9.41. The van der Waals surface area contributed by atoms with Gasteiger partial charge >= 0.3 is 0 Å². The van der Waals surface area contributed by atoms with Gasteiger partial charge in [-0.2, -0.15) is 0 Å². The molecule has 0 unspecified atom stereocenters. The van der Waals surface area contributed by atoms with Crippen molar-refractivity contribution in [1.29, 1.82) is 0 Å². The van der Waals surface area contributed by atoms with Crippen molar-refractivity contribution in [3.05, 3.63) is 0 Å². The Bertz CT molecular complexity index is 119. The van der Waals surface area contributed by atoms with E-state index in [1.165, 1.54) is 6.42 Å². The minimum absolute atomic E-state index is 0.533. The Morgan fingerprint density at radius 1 is 1.23 bits per heavy atom. The molecular weight excluding hydrogens is 164 g/mol. The van der Waals surface area contributed by atoms with Crippen LogP contribution in [0.5, 0.6) is 0 Å². The predicted molar refractivity (Wildman–Crippen MR) is 57.0 cm³/mol. The van der Waals surface area contributed by atoms with Crippen molar-refractivity contribution in [3.8, 4) is 0 Å². The molecule has 0 bridgehead atoms. The Kier molecular flexibility index (Phi) is 6.29. The third kappa shape index (κ3) is 11.9. The molecule has 2 N–H and O–H groups in total. The summed E-state index contributed by atoms with van der Waals surface area (Å²) < 4.78 is 0. The van der Waals surface area contributed by atoms with E-state index in [2.05, 4.69) is 24.3 Å². The number of aliphatic hydroxyl groups is 1. The monoisotopic (exact) mass is 188 g/mol. The van der Waals surface area contributed by atoms with Crippen LogP contribution in [0, 0.1) is 0 Å². The molecule has 80 valence electrons. The molecule has 3 heteroatoms. The highest BCUT2D eigenvalue weighted by Crippen LogP contribution is 2.04. The second-order valence-electron chi connectivity index (χ2n) is 4.47. The highest BCUT2D eigenvalue weighted by Gasteiger charge is 2.10. The molecule has 0 aliphatic heterocycles. The zero-order valence-electron chi connectivity index (χ0n) is 9.43. The van der Waals surface area contributed by atoms with E-state index in [1.54, 1.807) is 0 Å². The summed E-state index contributed by atoms with van der Waals surface area (Å²) in [5, 5.41) is 12.7. The van der Waals surface area contributed by atoms with Crippen LogP contribution in [0.1, 0.15) is 26.7 Å². The minimum atomic E-state index is -0.533. The molecule has 0 aliphatic carbocycles. The molecule has 0 radical (unpaired) electrons. The average molecular weight is 188 g/mol. The first-order chi connectivity index (χ1) is 5.92. The van der Waals surface area contributed by atoms with Gasteiger partial charge in [0.05, 0.1) is 5.60 Å². The fraction of sp³-hybridized carbons (Fsp3) is 1.00. The van der Waals surface area contributed by atoms with E-state index in [1.807, 2.05) is 13.8 Å². The smallest absolute Gasteiger partial charge is 0.0603 e. The molecule has 0 spiro atoms. The molecule has 3 nitrogen and oxygen atoms in total. The van der Waals surface area contributed by atoms with Crippen LogP contribution in [-0.4, -0.2) is 49.3 Å². The largest absolute Gasteiger partial charge is 0.390 e. The first-order valence-corrected chi connectivity index (χ1v) is 4.99. The summed E-state index contributed by atoms with van der Waals surface area (Å²) in [5.74, 6) is 0. The highest BCUT2D eigenvalue weighted by molar-refractivity contribution is 4.66. The fourth-order valence-electron chi connectivity index (χ4n) is 1.04. The van der Waals surface area contributed by atoms with Gasteiger partial charge < -0.3 is 15.3 Å². The van der Waals surface area contributed by atoms with E-state index in [0.29, 0.717) is 0 Å². The maximum Gasteiger partial charge on any atom is 0.0603 e. The molecule has 0 amide bonds. The van der Waals surface area contributed by atoms with Crippen LogP contribution < -0.4 is 5.32 Å². The fourth-order valence-corrected chi connectivity index (χ4v) is 1.04. The third-order valence-corrected chi connectivity index (χ3v) is 1.87. The van der Waals surface area contributed by atoms with Crippen molar-refractivity contribution in [2.45, 2.75) is 32.3 Å². The molecule has 0 rings (SSSR count). The highest BCUT2D eigenvalue weighted by atomic mass is 16.3. The molecule has 0 heterocycles. The lowest BCUT2D eigenvalue weighted by Gasteiger charge is -2.17. The summed E-state index contributed by atoms with van der Waals surface area (Å²) >= 11 is 0. The van der Waals surface area contributed by atoms with Crippen LogP contribution >= 0.6 is 0 Å². The van der Waals surface area contributed by atoms with Gasteiger partial charge in [-0.25, -0.2) is 0 Å². The molecule has 13 heavy (non-hydrogen) atoms. The molecule has 0 atom stereocenters. The summed E-state index contributed by atoms with van der Waals surface area (Å²) in [6.07, 6.45) is 1.98. The first-order valence-electron chi connectivity index (χ1n) is 4.99. The molecule has 0 aromatic carbocycles. The molecule has 0 aliphatic rings. The van der Waals surface area contributed by atoms with Gasteiger partial charge in [0.25, 0.3) is 0 Å². The summed E-state index contributed by atoms with van der Waals surface area (Å²) in [7, 11) is 4.16. The SMILES string of the molecule is CN(C)CCCNCCC(C)(C)O. The molecule has 0 saturated carbocycles. The van der Waals surface area contributed by atoms with E-state index in [0.717, 1.165) is 26.1 Å². The number of hydrogen-bond acceptors (Lipinski definition) is 3. The van der Waals surface area contributed by atoms with Gasteiger partial charge in [-0.05, 0) is 60.4 Å². The van der Waals surface area contributed by atoms with Gasteiger partial charge in [0.15, 0.2) is 0 Å². The quantitative estimate of drug-likeness (QED) is 0.577. The van der Waals surface area contributed by atoms with Gasteiger partial charge in [0, 0.05) is 0 Å². The minimum Gasteiger partial charge on any atom is -0.390 e. The van der Waals surface area contributed by atoms with Gasteiger partial charge in [-0.15, -0.1) is 0 Å². The summed E-state index contributed by atoms with van der Waals surface area (Å²) in [5.41, 5.74) is -0.533. The summed E-state index contributed by atoms with van der Waals surface area (Å²) in [6, 6.07) is 0. The van der Waals surface area contributed by atoms with E-state index >= 15 is 0 Å². The maximum atomic E-state index is 9.41. The molecule has 0 aromatic rings. The molecule has 0 aromatic heterocycles. The van der Waals surface area contributed by atoms with Crippen LogP contribution in [0.3, 0.4) is 0 Å². The van der Waals surface area contributed by atoms with Crippen LogP contribution in [-0.2, 0) is 0 Å². The Balaban J connectivity index is 3.09. The van der Waals surface area contributed by atoms with Crippen molar-refractivity contribution < 1.29 is 5.11 Å². The van der Waals surface area contributed by atoms with E-state index in [-0.39, 0.29) is 0 Å². The number of rotatable bonds is 7. The van der Waals surface area contributed by atoms with E-state index in [9.17, 15) is 5.11 Å². The average Bonchev–Trinajstić information content (AvgIpc) is 1.93. The third-order valence-electron chi connectivity index (χ3n) is 1.87. The van der Waals surface area contributed by atoms with Gasteiger partial charge in [-0.3, -0.25) is 0 Å². The van der Waals surface area contributed by atoms with Crippen molar-refractivity contribution >= 4 is 0 Å². The first kappa shape index (κ1) is 12.9.